The third kappa shape index (κ3) is 8.53. The second-order valence-electron chi connectivity index (χ2n) is 10.6. The van der Waals surface area contributed by atoms with Gasteiger partial charge in [0.2, 0.25) is 0 Å². The molecule has 0 aliphatic carbocycles. The largest absolute Gasteiger partial charge is 0.453 e. The first kappa shape index (κ1) is 34.7. The number of ether oxygens (including phenoxy) is 1. The fraction of sp³-hybridized carbons (Fsp3) is 0.273. The van der Waals surface area contributed by atoms with Crippen LogP contribution in [0.4, 0.5) is 23.7 Å². The van der Waals surface area contributed by atoms with Gasteiger partial charge in [0.25, 0.3) is 0 Å². The number of nitrogens with one attached hydrogen (secondary N) is 1. The third-order valence-electron chi connectivity index (χ3n) is 7.53. The van der Waals surface area contributed by atoms with E-state index >= 15 is 0 Å². The Kier molecular flexibility index (Phi) is 11.3. The van der Waals surface area contributed by atoms with Crippen molar-refractivity contribution in [2.75, 3.05) is 25.2 Å². The quantitative estimate of drug-likeness (QED) is 0.147. The summed E-state index contributed by atoms with van der Waals surface area (Å²) in [7, 11) is -2.83. The molecule has 0 aliphatic rings. The molecule has 244 valence electrons. The number of thiophene rings is 1. The molecule has 0 spiro atoms. The number of nitrogen functional groups attached to an aromatic ring is 1. The van der Waals surface area contributed by atoms with Crippen LogP contribution in [0.3, 0.4) is 0 Å². The Balaban J connectivity index is 1.66. The van der Waals surface area contributed by atoms with Crippen molar-refractivity contribution >= 4 is 38.7 Å². The Bertz CT molecular complexity index is 1670. The Morgan fingerprint density at radius 2 is 1.43 bits per heavy atom. The first-order valence-electron chi connectivity index (χ1n) is 14.2. The SMILES string of the molecule is COC(=O)N[C@H](C(=O)C[C@H](c1ccc([C@@H](CO)CS(=O)(=O)c2ccc(N)cc2)s1)C(F)(F)F)C(c1ccccc1)c1ccccc1. The van der Waals surface area contributed by atoms with Crippen molar-refractivity contribution in [1.29, 1.82) is 0 Å². The molecular formula is C33H33F3N2O6S2. The number of hydrogen-bond donors (Lipinski definition) is 3. The van der Waals surface area contributed by atoms with Gasteiger partial charge in [0, 0.05) is 33.7 Å². The minimum Gasteiger partial charge on any atom is -0.453 e. The maximum absolute atomic E-state index is 14.6. The van der Waals surface area contributed by atoms with E-state index in [2.05, 4.69) is 5.32 Å². The van der Waals surface area contributed by atoms with E-state index in [0.29, 0.717) is 28.2 Å². The van der Waals surface area contributed by atoms with Gasteiger partial charge >= 0.3 is 12.3 Å². The van der Waals surface area contributed by atoms with Gasteiger partial charge in [-0.15, -0.1) is 11.3 Å². The number of alkyl halides is 3. The van der Waals surface area contributed by atoms with Crippen molar-refractivity contribution in [3.05, 3.63) is 118 Å². The number of methoxy groups -OCH3 is 1. The monoisotopic (exact) mass is 674 g/mol. The summed E-state index contributed by atoms with van der Waals surface area (Å²) in [6.45, 7) is -0.634. The summed E-state index contributed by atoms with van der Waals surface area (Å²) < 4.78 is 74.6. The smallest absolute Gasteiger partial charge is 0.407 e. The standard InChI is InChI=1S/C33H33F3N2O6S2/c1-44-32(41)38-31(30(21-8-4-2-5-9-21)22-10-6-3-7-11-22)27(40)18-26(33(34,35)36)29-17-16-28(45-29)23(19-39)20-46(42,43)25-14-12-24(37)13-15-25/h2-17,23,26,30-31,39H,18-20,37H2,1H3,(H,38,41)/t23-,26+,31+/m0/s1. The summed E-state index contributed by atoms with van der Waals surface area (Å²) in [5, 5.41) is 12.5. The number of aliphatic hydroxyl groups is 1. The minimum atomic E-state index is -4.87. The van der Waals surface area contributed by atoms with Gasteiger partial charge in [0.15, 0.2) is 15.6 Å². The molecule has 4 N–H and O–H groups in total. The number of aliphatic hydroxyl groups excluding tert-OH is 1. The number of benzene rings is 3. The van der Waals surface area contributed by atoms with E-state index in [4.69, 9.17) is 10.5 Å². The van der Waals surface area contributed by atoms with Crippen molar-refractivity contribution in [2.45, 2.75) is 41.3 Å². The maximum Gasteiger partial charge on any atom is 0.407 e. The van der Waals surface area contributed by atoms with Gasteiger partial charge in [-0.3, -0.25) is 4.79 Å². The number of amides is 1. The lowest BCUT2D eigenvalue weighted by atomic mass is 9.81. The average molecular weight is 675 g/mol. The molecule has 0 aliphatic heterocycles. The van der Waals surface area contributed by atoms with Crippen LogP contribution in [0, 0.1) is 0 Å². The second-order valence-corrected chi connectivity index (χ2v) is 13.8. The second kappa shape index (κ2) is 14.9. The highest BCUT2D eigenvalue weighted by molar-refractivity contribution is 7.91. The van der Waals surface area contributed by atoms with Crippen LogP contribution >= 0.6 is 11.3 Å². The molecule has 3 aromatic carbocycles. The van der Waals surface area contributed by atoms with Crippen LogP contribution in [0.5, 0.6) is 0 Å². The summed E-state index contributed by atoms with van der Waals surface area (Å²) in [6.07, 6.45) is -6.86. The van der Waals surface area contributed by atoms with Crippen LogP contribution < -0.4 is 11.1 Å². The van der Waals surface area contributed by atoms with E-state index < -0.39 is 70.5 Å². The number of halogens is 3. The highest BCUT2D eigenvalue weighted by atomic mass is 32.2. The molecule has 13 heteroatoms. The zero-order valence-electron chi connectivity index (χ0n) is 24.7. The number of alkyl carbamates (subject to hydrolysis) is 1. The lowest BCUT2D eigenvalue weighted by Crippen LogP contribution is -2.46. The molecule has 1 amide bonds. The number of anilines is 1. The predicted octanol–water partition coefficient (Wildman–Crippen LogP) is 6.04. The Morgan fingerprint density at radius 3 is 1.93 bits per heavy atom. The molecule has 0 fully saturated rings. The first-order chi connectivity index (χ1) is 21.8. The van der Waals surface area contributed by atoms with Crippen LogP contribution in [-0.2, 0) is 19.4 Å². The number of rotatable bonds is 13. The van der Waals surface area contributed by atoms with E-state index in [-0.39, 0.29) is 14.6 Å². The summed E-state index contributed by atoms with van der Waals surface area (Å²) >= 11 is 0.683. The van der Waals surface area contributed by atoms with Crippen LogP contribution in [0.2, 0.25) is 0 Å². The summed E-state index contributed by atoms with van der Waals surface area (Å²) in [5.41, 5.74) is 7.19. The third-order valence-corrected chi connectivity index (χ3v) is 10.7. The molecule has 0 saturated carbocycles. The summed E-state index contributed by atoms with van der Waals surface area (Å²) in [6, 6.07) is 23.9. The normalized spacial score (nSPS) is 14.0. The number of ketones is 1. The zero-order chi connectivity index (χ0) is 33.5. The predicted molar refractivity (Wildman–Crippen MR) is 170 cm³/mol. The average Bonchev–Trinajstić information content (AvgIpc) is 3.52. The number of carbonyl (C=O) groups is 2. The number of nitrogens with two attached hydrogens (primary N) is 1. The van der Waals surface area contributed by atoms with E-state index in [1.54, 1.807) is 60.7 Å². The Hall–Kier alpha value is -4.20. The lowest BCUT2D eigenvalue weighted by Gasteiger charge is -2.29. The highest BCUT2D eigenvalue weighted by Gasteiger charge is 2.45. The molecule has 1 aromatic heterocycles. The van der Waals surface area contributed by atoms with E-state index in [1.165, 1.54) is 36.4 Å². The van der Waals surface area contributed by atoms with Crippen molar-refractivity contribution in [2.24, 2.45) is 0 Å². The maximum atomic E-state index is 14.6. The molecule has 46 heavy (non-hydrogen) atoms. The molecule has 4 rings (SSSR count). The number of hydrogen-bond acceptors (Lipinski definition) is 8. The van der Waals surface area contributed by atoms with Gasteiger partial charge in [0.05, 0.1) is 30.3 Å². The van der Waals surface area contributed by atoms with Crippen LogP contribution in [0.15, 0.2) is 102 Å². The fourth-order valence-corrected chi connectivity index (χ4v) is 8.07. The van der Waals surface area contributed by atoms with Gasteiger partial charge in [-0.05, 0) is 47.5 Å². The van der Waals surface area contributed by atoms with Crippen molar-refractivity contribution in [3.8, 4) is 0 Å². The van der Waals surface area contributed by atoms with Crippen molar-refractivity contribution in [1.82, 2.24) is 5.32 Å². The number of Topliss-reactive ketones (excluding diaryl/α,β-unsaturated/α-hetero) is 1. The molecule has 0 saturated heterocycles. The van der Waals surface area contributed by atoms with E-state index in [0.717, 1.165) is 7.11 Å². The molecule has 0 bridgehead atoms. The fourth-order valence-electron chi connectivity index (χ4n) is 5.18. The molecular weight excluding hydrogens is 641 g/mol. The zero-order valence-corrected chi connectivity index (χ0v) is 26.3. The van der Waals surface area contributed by atoms with Crippen LogP contribution in [0.1, 0.15) is 45.1 Å². The van der Waals surface area contributed by atoms with Gasteiger partial charge < -0.3 is 20.9 Å². The van der Waals surface area contributed by atoms with Gasteiger partial charge in [-0.2, -0.15) is 13.2 Å². The van der Waals surface area contributed by atoms with Gasteiger partial charge in [0.1, 0.15) is 6.04 Å². The van der Waals surface area contributed by atoms with E-state index in [1.807, 2.05) is 0 Å². The highest BCUT2D eigenvalue weighted by Crippen LogP contribution is 2.43. The van der Waals surface area contributed by atoms with Gasteiger partial charge in [-0.25, -0.2) is 13.2 Å². The molecule has 4 aromatic rings. The first-order valence-corrected chi connectivity index (χ1v) is 16.6. The minimum absolute atomic E-state index is 0.0359. The Labute approximate surface area is 268 Å². The van der Waals surface area contributed by atoms with Crippen LogP contribution in [0.25, 0.3) is 0 Å². The Morgan fingerprint density at radius 1 is 0.891 bits per heavy atom. The summed E-state index contributed by atoms with van der Waals surface area (Å²) in [5.74, 6) is -5.55. The topological polar surface area (TPSA) is 136 Å². The van der Waals surface area contributed by atoms with E-state index in [9.17, 15) is 36.3 Å². The van der Waals surface area contributed by atoms with Crippen LogP contribution in [-0.4, -0.2) is 57.1 Å². The lowest BCUT2D eigenvalue weighted by molar-refractivity contribution is -0.156. The number of sulfone groups is 1. The molecule has 1 heterocycles. The molecule has 0 radical (unpaired) electrons. The molecule has 0 unspecified atom stereocenters. The molecule has 8 nitrogen and oxygen atoms in total. The van der Waals surface area contributed by atoms with Crippen molar-refractivity contribution in [3.63, 3.8) is 0 Å². The van der Waals surface area contributed by atoms with Crippen molar-refractivity contribution < 1.29 is 41.0 Å². The number of carbonyl (C=O) groups excluding carboxylic acids is 2. The molecule has 3 atom stereocenters. The summed E-state index contributed by atoms with van der Waals surface area (Å²) in [4.78, 5) is 26.2. The van der Waals surface area contributed by atoms with Gasteiger partial charge in [-0.1, -0.05) is 60.7 Å².